The van der Waals surface area contributed by atoms with Gasteiger partial charge in [-0.3, -0.25) is 4.79 Å². The predicted molar refractivity (Wildman–Crippen MR) is 91.3 cm³/mol. The maximum Gasteiger partial charge on any atom is 0.220 e. The Morgan fingerprint density at radius 1 is 1.09 bits per heavy atom. The van der Waals surface area contributed by atoms with E-state index >= 15 is 0 Å². The second-order valence-electron chi connectivity index (χ2n) is 4.98. The van der Waals surface area contributed by atoms with Gasteiger partial charge in [-0.1, -0.05) is 35.9 Å². The van der Waals surface area contributed by atoms with Crippen LogP contribution in [-0.2, 0) is 11.2 Å². The van der Waals surface area contributed by atoms with E-state index in [2.05, 4.69) is 5.32 Å². The van der Waals surface area contributed by atoms with Crippen LogP contribution in [0.2, 0.25) is 5.02 Å². The molecule has 0 aliphatic heterocycles. The highest BCUT2D eigenvalue weighted by Gasteiger charge is 2.04. The fourth-order valence-corrected chi connectivity index (χ4v) is 2.21. The van der Waals surface area contributed by atoms with Crippen LogP contribution in [0.5, 0.6) is 11.5 Å². The third-order valence-corrected chi connectivity index (χ3v) is 3.56. The monoisotopic (exact) mass is 333 g/mol. The summed E-state index contributed by atoms with van der Waals surface area (Å²) in [5.74, 6) is 1.36. The number of para-hydroxylation sites is 2. The summed E-state index contributed by atoms with van der Waals surface area (Å²) in [6.45, 7) is 0.852. The Morgan fingerprint density at radius 2 is 1.78 bits per heavy atom. The molecule has 5 heteroatoms. The molecule has 122 valence electrons. The summed E-state index contributed by atoms with van der Waals surface area (Å²) >= 11 is 5.83. The molecule has 23 heavy (non-hydrogen) atoms. The Kier molecular flexibility index (Phi) is 6.76. The van der Waals surface area contributed by atoms with Gasteiger partial charge >= 0.3 is 0 Å². The van der Waals surface area contributed by atoms with E-state index in [1.807, 2.05) is 48.5 Å². The first-order valence-corrected chi connectivity index (χ1v) is 7.84. The summed E-state index contributed by atoms with van der Waals surface area (Å²) in [6.07, 6.45) is 1.13. The molecule has 0 atom stereocenters. The molecular weight excluding hydrogens is 314 g/mol. The Labute approximate surface area is 141 Å². The SMILES string of the molecule is COc1ccccc1OCCNC(=O)CCc1ccc(Cl)cc1. The molecule has 0 saturated heterocycles. The van der Waals surface area contributed by atoms with Crippen LogP contribution >= 0.6 is 11.6 Å². The third-order valence-electron chi connectivity index (χ3n) is 3.30. The molecule has 0 unspecified atom stereocenters. The van der Waals surface area contributed by atoms with Crippen LogP contribution in [-0.4, -0.2) is 26.2 Å². The number of benzene rings is 2. The van der Waals surface area contributed by atoms with Crippen LogP contribution < -0.4 is 14.8 Å². The lowest BCUT2D eigenvalue weighted by molar-refractivity contribution is -0.121. The highest BCUT2D eigenvalue weighted by Crippen LogP contribution is 2.25. The Bertz CT molecular complexity index is 628. The van der Waals surface area contributed by atoms with Gasteiger partial charge in [-0.05, 0) is 36.2 Å². The van der Waals surface area contributed by atoms with E-state index in [1.54, 1.807) is 7.11 Å². The molecule has 1 N–H and O–H groups in total. The summed E-state index contributed by atoms with van der Waals surface area (Å²) in [7, 11) is 1.60. The molecule has 0 spiro atoms. The molecule has 4 nitrogen and oxygen atoms in total. The van der Waals surface area contributed by atoms with Gasteiger partial charge in [-0.25, -0.2) is 0 Å². The Balaban J connectivity index is 1.66. The molecule has 0 radical (unpaired) electrons. The lowest BCUT2D eigenvalue weighted by Crippen LogP contribution is -2.28. The van der Waals surface area contributed by atoms with Crippen LogP contribution in [0.3, 0.4) is 0 Å². The van der Waals surface area contributed by atoms with Crippen molar-refractivity contribution in [3.63, 3.8) is 0 Å². The van der Waals surface area contributed by atoms with Gasteiger partial charge in [-0.15, -0.1) is 0 Å². The molecular formula is C18H20ClNO3. The van der Waals surface area contributed by atoms with Gasteiger partial charge in [0.05, 0.1) is 13.7 Å². The highest BCUT2D eigenvalue weighted by molar-refractivity contribution is 6.30. The van der Waals surface area contributed by atoms with Gasteiger partial charge in [0.2, 0.25) is 5.91 Å². The number of amides is 1. The average Bonchev–Trinajstić information content (AvgIpc) is 2.58. The number of hydrogen-bond acceptors (Lipinski definition) is 3. The zero-order chi connectivity index (χ0) is 16.5. The minimum atomic E-state index is 0.00331. The molecule has 2 rings (SSSR count). The molecule has 0 saturated carbocycles. The fourth-order valence-electron chi connectivity index (χ4n) is 2.09. The minimum absolute atomic E-state index is 0.00331. The van der Waals surface area contributed by atoms with Crippen molar-refractivity contribution in [1.29, 1.82) is 0 Å². The Morgan fingerprint density at radius 3 is 2.48 bits per heavy atom. The topological polar surface area (TPSA) is 47.6 Å². The van der Waals surface area contributed by atoms with Gasteiger partial charge in [0.15, 0.2) is 11.5 Å². The van der Waals surface area contributed by atoms with E-state index in [9.17, 15) is 4.79 Å². The third kappa shape index (κ3) is 5.83. The van der Waals surface area contributed by atoms with Crippen molar-refractivity contribution in [2.24, 2.45) is 0 Å². The van der Waals surface area contributed by atoms with Gasteiger partial charge < -0.3 is 14.8 Å². The average molecular weight is 334 g/mol. The van der Waals surface area contributed by atoms with Gasteiger partial charge in [-0.2, -0.15) is 0 Å². The van der Waals surface area contributed by atoms with Gasteiger partial charge in [0.1, 0.15) is 6.61 Å². The van der Waals surface area contributed by atoms with Crippen LogP contribution in [0.1, 0.15) is 12.0 Å². The number of rotatable bonds is 8. The largest absolute Gasteiger partial charge is 0.493 e. The summed E-state index contributed by atoms with van der Waals surface area (Å²) in [4.78, 5) is 11.8. The number of aryl methyl sites for hydroxylation is 1. The van der Waals surface area contributed by atoms with E-state index in [0.717, 1.165) is 5.56 Å². The van der Waals surface area contributed by atoms with Crippen molar-refractivity contribution in [1.82, 2.24) is 5.32 Å². The number of hydrogen-bond donors (Lipinski definition) is 1. The smallest absolute Gasteiger partial charge is 0.220 e. The van der Waals surface area contributed by atoms with Crippen LogP contribution in [0.15, 0.2) is 48.5 Å². The maximum atomic E-state index is 11.8. The van der Waals surface area contributed by atoms with Gasteiger partial charge in [0.25, 0.3) is 0 Å². The summed E-state index contributed by atoms with van der Waals surface area (Å²) in [5, 5.41) is 3.54. The molecule has 0 heterocycles. The summed E-state index contributed by atoms with van der Waals surface area (Å²) in [5.41, 5.74) is 1.09. The van der Waals surface area contributed by atoms with Crippen molar-refractivity contribution in [2.45, 2.75) is 12.8 Å². The molecule has 0 aliphatic carbocycles. The number of carbonyl (C=O) groups is 1. The molecule has 0 aromatic heterocycles. The zero-order valence-corrected chi connectivity index (χ0v) is 13.8. The number of ether oxygens (including phenoxy) is 2. The van der Waals surface area contributed by atoms with Crippen LogP contribution in [0.4, 0.5) is 0 Å². The molecule has 0 fully saturated rings. The lowest BCUT2D eigenvalue weighted by Gasteiger charge is -2.10. The van der Waals surface area contributed by atoms with Crippen LogP contribution in [0, 0.1) is 0 Å². The van der Waals surface area contributed by atoms with E-state index in [0.29, 0.717) is 42.5 Å². The summed E-state index contributed by atoms with van der Waals surface area (Å²) < 4.78 is 10.8. The minimum Gasteiger partial charge on any atom is -0.493 e. The van der Waals surface area contributed by atoms with E-state index in [4.69, 9.17) is 21.1 Å². The number of methoxy groups -OCH3 is 1. The molecule has 0 aliphatic rings. The van der Waals surface area contributed by atoms with Gasteiger partial charge in [0, 0.05) is 11.4 Å². The van der Waals surface area contributed by atoms with Crippen molar-refractivity contribution in [2.75, 3.05) is 20.3 Å². The maximum absolute atomic E-state index is 11.8. The second-order valence-corrected chi connectivity index (χ2v) is 5.41. The Hall–Kier alpha value is -2.20. The van der Waals surface area contributed by atoms with E-state index < -0.39 is 0 Å². The standard InChI is InChI=1S/C18H20ClNO3/c1-22-16-4-2-3-5-17(16)23-13-12-20-18(21)11-8-14-6-9-15(19)10-7-14/h2-7,9-10H,8,11-13H2,1H3,(H,20,21). The quantitative estimate of drug-likeness (QED) is 0.752. The first-order valence-electron chi connectivity index (χ1n) is 7.46. The molecule has 1 amide bonds. The van der Waals surface area contributed by atoms with Crippen molar-refractivity contribution in [3.8, 4) is 11.5 Å². The fraction of sp³-hybridized carbons (Fsp3) is 0.278. The number of carbonyl (C=O) groups excluding carboxylic acids is 1. The van der Waals surface area contributed by atoms with E-state index in [-0.39, 0.29) is 5.91 Å². The normalized spacial score (nSPS) is 10.2. The first kappa shape index (κ1) is 17.2. The first-order chi connectivity index (χ1) is 11.2. The second kappa shape index (κ2) is 9.06. The van der Waals surface area contributed by atoms with Crippen molar-refractivity contribution in [3.05, 3.63) is 59.1 Å². The lowest BCUT2D eigenvalue weighted by atomic mass is 10.1. The van der Waals surface area contributed by atoms with Crippen molar-refractivity contribution < 1.29 is 14.3 Å². The number of nitrogens with one attached hydrogen (secondary N) is 1. The number of halogens is 1. The molecule has 0 bridgehead atoms. The highest BCUT2D eigenvalue weighted by atomic mass is 35.5. The van der Waals surface area contributed by atoms with Crippen molar-refractivity contribution >= 4 is 17.5 Å². The van der Waals surface area contributed by atoms with E-state index in [1.165, 1.54) is 0 Å². The predicted octanol–water partition coefficient (Wildman–Crippen LogP) is 3.48. The van der Waals surface area contributed by atoms with Crippen LogP contribution in [0.25, 0.3) is 0 Å². The summed E-state index contributed by atoms with van der Waals surface area (Å²) in [6, 6.07) is 14.9. The zero-order valence-electron chi connectivity index (χ0n) is 13.0. The molecule has 2 aromatic rings. The molecule has 2 aromatic carbocycles.